The zero-order valence-corrected chi connectivity index (χ0v) is 7.02. The van der Waals surface area contributed by atoms with E-state index in [0.29, 0.717) is 12.1 Å². The highest BCUT2D eigenvalue weighted by atomic mass is 19.4. The van der Waals surface area contributed by atoms with E-state index < -0.39 is 11.9 Å². The molecule has 13 heavy (non-hydrogen) atoms. The van der Waals surface area contributed by atoms with Crippen molar-refractivity contribution < 1.29 is 13.2 Å². The van der Waals surface area contributed by atoms with Crippen molar-refractivity contribution in [3.8, 4) is 0 Å². The quantitative estimate of drug-likeness (QED) is 0.744. The lowest BCUT2D eigenvalue weighted by Crippen LogP contribution is -2.17. The van der Waals surface area contributed by atoms with Gasteiger partial charge >= 0.3 is 6.18 Å². The topological polar surface area (TPSA) is 54.7 Å². The predicted octanol–water partition coefficient (Wildman–Crippen LogP) is 1.32. The van der Waals surface area contributed by atoms with Crippen molar-refractivity contribution in [2.45, 2.75) is 25.6 Å². The fourth-order valence-electron chi connectivity index (χ4n) is 0.958. The zero-order chi connectivity index (χ0) is 10.1. The molecule has 1 unspecified atom stereocenters. The van der Waals surface area contributed by atoms with Crippen LogP contribution in [-0.2, 0) is 12.6 Å². The predicted molar refractivity (Wildman–Crippen MR) is 40.9 cm³/mol. The Kier molecular flexibility index (Phi) is 2.60. The van der Waals surface area contributed by atoms with Crippen LogP contribution in [0, 0.1) is 0 Å². The lowest BCUT2D eigenvalue weighted by atomic mass is 10.2. The highest BCUT2D eigenvalue weighted by molar-refractivity contribution is 5.12. The standard InChI is InChI=1S/C7H10F3N3/c1-4(11)2-5-3-6(13-12-5)7(8,9)10/h3-4H,2,11H2,1H3,(H,12,13). The number of nitrogens with zero attached hydrogens (tertiary/aromatic N) is 1. The Morgan fingerprint density at radius 3 is 2.62 bits per heavy atom. The van der Waals surface area contributed by atoms with Crippen LogP contribution >= 0.6 is 0 Å². The molecular weight excluding hydrogens is 183 g/mol. The van der Waals surface area contributed by atoms with Gasteiger partial charge in [-0.15, -0.1) is 0 Å². The van der Waals surface area contributed by atoms with Gasteiger partial charge in [-0.2, -0.15) is 18.3 Å². The van der Waals surface area contributed by atoms with Crippen molar-refractivity contribution >= 4 is 0 Å². The Hall–Kier alpha value is -1.04. The average molecular weight is 193 g/mol. The van der Waals surface area contributed by atoms with Gasteiger partial charge in [0.05, 0.1) is 0 Å². The van der Waals surface area contributed by atoms with Gasteiger partial charge in [-0.3, -0.25) is 5.10 Å². The van der Waals surface area contributed by atoms with E-state index in [2.05, 4.69) is 10.2 Å². The Morgan fingerprint density at radius 2 is 2.23 bits per heavy atom. The van der Waals surface area contributed by atoms with E-state index in [1.807, 2.05) is 0 Å². The summed E-state index contributed by atoms with van der Waals surface area (Å²) < 4.78 is 36.1. The molecule has 3 N–H and O–H groups in total. The minimum atomic E-state index is -4.38. The molecule has 0 saturated heterocycles. The number of hydrogen-bond acceptors (Lipinski definition) is 2. The second-order valence-electron chi connectivity index (χ2n) is 2.96. The van der Waals surface area contributed by atoms with Gasteiger partial charge in [0.1, 0.15) is 0 Å². The van der Waals surface area contributed by atoms with Crippen LogP contribution in [0.15, 0.2) is 6.07 Å². The van der Waals surface area contributed by atoms with E-state index >= 15 is 0 Å². The van der Waals surface area contributed by atoms with Gasteiger partial charge in [-0.1, -0.05) is 0 Å². The zero-order valence-electron chi connectivity index (χ0n) is 7.02. The number of rotatable bonds is 2. The summed E-state index contributed by atoms with van der Waals surface area (Å²) in [7, 11) is 0. The second-order valence-corrected chi connectivity index (χ2v) is 2.96. The van der Waals surface area contributed by atoms with Crippen molar-refractivity contribution in [3.05, 3.63) is 17.5 Å². The number of hydrogen-bond donors (Lipinski definition) is 2. The molecule has 1 rings (SSSR count). The summed E-state index contributed by atoms with van der Waals surface area (Å²) in [5, 5.41) is 5.43. The molecule has 1 atom stereocenters. The van der Waals surface area contributed by atoms with E-state index in [4.69, 9.17) is 5.73 Å². The van der Waals surface area contributed by atoms with Gasteiger partial charge in [0.25, 0.3) is 0 Å². The maximum Gasteiger partial charge on any atom is 0.435 e. The van der Waals surface area contributed by atoms with Crippen molar-refractivity contribution in [2.75, 3.05) is 0 Å². The minimum Gasteiger partial charge on any atom is -0.328 e. The molecular formula is C7H10F3N3. The first kappa shape index (κ1) is 10.0. The Labute approximate surface area is 73.1 Å². The third-order valence-corrected chi connectivity index (χ3v) is 1.46. The lowest BCUT2D eigenvalue weighted by molar-refractivity contribution is -0.141. The van der Waals surface area contributed by atoms with E-state index in [1.54, 1.807) is 6.92 Å². The number of nitrogens with one attached hydrogen (secondary N) is 1. The first-order valence-electron chi connectivity index (χ1n) is 3.76. The number of alkyl halides is 3. The SMILES string of the molecule is CC(N)Cc1cc(C(F)(F)F)n[nH]1. The molecule has 0 spiro atoms. The van der Waals surface area contributed by atoms with Crippen molar-refractivity contribution in [1.29, 1.82) is 0 Å². The molecule has 0 radical (unpaired) electrons. The van der Waals surface area contributed by atoms with Gasteiger partial charge in [-0.05, 0) is 13.0 Å². The number of nitrogens with two attached hydrogens (primary N) is 1. The van der Waals surface area contributed by atoms with Crippen LogP contribution in [-0.4, -0.2) is 16.2 Å². The van der Waals surface area contributed by atoms with E-state index in [1.165, 1.54) is 0 Å². The average Bonchev–Trinajstić information content (AvgIpc) is 2.32. The molecule has 1 aromatic heterocycles. The molecule has 0 aliphatic heterocycles. The summed E-state index contributed by atoms with van der Waals surface area (Å²) in [5.74, 6) is 0. The molecule has 0 fully saturated rings. The highest BCUT2D eigenvalue weighted by Crippen LogP contribution is 2.27. The summed E-state index contributed by atoms with van der Waals surface area (Å²) in [6.45, 7) is 1.72. The first-order chi connectivity index (χ1) is 5.89. The third kappa shape index (κ3) is 2.73. The number of aromatic amines is 1. The van der Waals surface area contributed by atoms with Gasteiger partial charge in [0.15, 0.2) is 5.69 Å². The number of aromatic nitrogens is 2. The van der Waals surface area contributed by atoms with Crippen LogP contribution in [0.4, 0.5) is 13.2 Å². The van der Waals surface area contributed by atoms with Gasteiger partial charge in [0.2, 0.25) is 0 Å². The summed E-state index contributed by atoms with van der Waals surface area (Å²) in [4.78, 5) is 0. The van der Waals surface area contributed by atoms with Crippen molar-refractivity contribution in [3.63, 3.8) is 0 Å². The van der Waals surface area contributed by atoms with Gasteiger partial charge < -0.3 is 5.73 Å². The lowest BCUT2D eigenvalue weighted by Gasteiger charge is -2.00. The smallest absolute Gasteiger partial charge is 0.328 e. The number of halogens is 3. The largest absolute Gasteiger partial charge is 0.435 e. The van der Waals surface area contributed by atoms with Crippen molar-refractivity contribution in [2.24, 2.45) is 5.73 Å². The molecule has 3 nitrogen and oxygen atoms in total. The molecule has 0 saturated carbocycles. The molecule has 0 aromatic carbocycles. The fraction of sp³-hybridized carbons (Fsp3) is 0.571. The van der Waals surface area contributed by atoms with Crippen LogP contribution in [0.1, 0.15) is 18.3 Å². The normalized spacial score (nSPS) is 14.5. The molecule has 6 heteroatoms. The van der Waals surface area contributed by atoms with Crippen molar-refractivity contribution in [1.82, 2.24) is 10.2 Å². The van der Waals surface area contributed by atoms with Crippen LogP contribution in [0.2, 0.25) is 0 Å². The molecule has 0 amide bonds. The summed E-state index contributed by atoms with van der Waals surface area (Å²) in [6.07, 6.45) is -4.02. The first-order valence-corrected chi connectivity index (χ1v) is 3.76. The molecule has 1 heterocycles. The second kappa shape index (κ2) is 3.37. The minimum absolute atomic E-state index is 0.179. The number of H-pyrrole nitrogens is 1. The molecule has 1 aromatic rings. The van der Waals surface area contributed by atoms with E-state index in [0.717, 1.165) is 6.07 Å². The maximum absolute atomic E-state index is 12.0. The van der Waals surface area contributed by atoms with E-state index in [-0.39, 0.29) is 6.04 Å². The summed E-state index contributed by atoms with van der Waals surface area (Å²) in [6, 6.07) is 0.796. The summed E-state index contributed by atoms with van der Waals surface area (Å²) >= 11 is 0. The third-order valence-electron chi connectivity index (χ3n) is 1.46. The van der Waals surface area contributed by atoms with Crippen LogP contribution in [0.25, 0.3) is 0 Å². The van der Waals surface area contributed by atoms with Gasteiger partial charge in [-0.25, -0.2) is 0 Å². The summed E-state index contributed by atoms with van der Waals surface area (Å²) in [5.41, 5.74) is 4.92. The Balaban J connectivity index is 2.75. The Morgan fingerprint density at radius 1 is 1.62 bits per heavy atom. The molecule has 0 aliphatic carbocycles. The maximum atomic E-state index is 12.0. The van der Waals surface area contributed by atoms with Crippen LogP contribution in [0.5, 0.6) is 0 Å². The fourth-order valence-corrected chi connectivity index (χ4v) is 0.958. The molecule has 0 bridgehead atoms. The Bertz CT molecular complexity index is 277. The molecule has 0 aliphatic rings. The van der Waals surface area contributed by atoms with Gasteiger partial charge in [0, 0.05) is 18.2 Å². The monoisotopic (exact) mass is 193 g/mol. The molecule has 74 valence electrons. The van der Waals surface area contributed by atoms with Crippen LogP contribution in [0.3, 0.4) is 0 Å². The van der Waals surface area contributed by atoms with E-state index in [9.17, 15) is 13.2 Å². The highest BCUT2D eigenvalue weighted by Gasteiger charge is 2.33. The van der Waals surface area contributed by atoms with Crippen LogP contribution < -0.4 is 5.73 Å².